The van der Waals surface area contributed by atoms with Crippen molar-refractivity contribution in [3.63, 3.8) is 0 Å². The molecular formula is C22H25N3O2S. The Balaban J connectivity index is 1.55. The highest BCUT2D eigenvalue weighted by molar-refractivity contribution is 7.92. The van der Waals surface area contributed by atoms with E-state index in [0.717, 1.165) is 24.1 Å². The number of rotatable bonds is 9. The van der Waals surface area contributed by atoms with Crippen molar-refractivity contribution < 1.29 is 8.42 Å². The normalized spacial score (nSPS) is 11.2. The summed E-state index contributed by atoms with van der Waals surface area (Å²) >= 11 is 0. The van der Waals surface area contributed by atoms with Crippen LogP contribution in [0.2, 0.25) is 0 Å². The first kappa shape index (κ1) is 19.9. The molecule has 1 heterocycles. The molecule has 3 rings (SSSR count). The lowest BCUT2D eigenvalue weighted by atomic mass is 10.1. The molecule has 0 saturated carbocycles. The number of benzene rings is 2. The fourth-order valence-corrected chi connectivity index (χ4v) is 4.06. The smallest absolute Gasteiger partial charge is 0.232 e. The molecule has 0 saturated heterocycles. The van der Waals surface area contributed by atoms with E-state index in [0.29, 0.717) is 17.9 Å². The number of nitrogens with zero attached hydrogens (tertiary/aromatic N) is 1. The van der Waals surface area contributed by atoms with Gasteiger partial charge in [-0.2, -0.15) is 0 Å². The molecule has 0 fully saturated rings. The Hall–Kier alpha value is -2.86. The van der Waals surface area contributed by atoms with Gasteiger partial charge in [0.05, 0.1) is 17.6 Å². The van der Waals surface area contributed by atoms with Crippen molar-refractivity contribution in [1.29, 1.82) is 0 Å². The first-order valence-electron chi connectivity index (χ1n) is 9.41. The first-order valence-corrected chi connectivity index (χ1v) is 11.1. The molecule has 1 aromatic heterocycles. The summed E-state index contributed by atoms with van der Waals surface area (Å²) in [5.41, 5.74) is 3.82. The fourth-order valence-electron chi connectivity index (χ4n) is 2.96. The highest BCUT2D eigenvalue weighted by Gasteiger charge is 2.11. The maximum absolute atomic E-state index is 12.3. The van der Waals surface area contributed by atoms with E-state index in [1.165, 1.54) is 11.8 Å². The molecular weight excluding hydrogens is 370 g/mol. The van der Waals surface area contributed by atoms with Gasteiger partial charge in [-0.3, -0.25) is 4.72 Å². The summed E-state index contributed by atoms with van der Waals surface area (Å²) in [5, 5.41) is 3.28. The second-order valence-corrected chi connectivity index (χ2v) is 8.42. The lowest BCUT2D eigenvalue weighted by molar-refractivity contribution is 0.598. The van der Waals surface area contributed by atoms with E-state index in [9.17, 15) is 8.42 Å². The molecule has 6 heteroatoms. The number of nitrogens with one attached hydrogen (secondary N) is 2. The van der Waals surface area contributed by atoms with E-state index < -0.39 is 10.0 Å². The third-order valence-electron chi connectivity index (χ3n) is 4.42. The van der Waals surface area contributed by atoms with Gasteiger partial charge in [0.25, 0.3) is 0 Å². The van der Waals surface area contributed by atoms with E-state index in [4.69, 9.17) is 0 Å². The molecule has 0 amide bonds. The van der Waals surface area contributed by atoms with Gasteiger partial charge in [0.1, 0.15) is 5.82 Å². The number of hydrogen-bond donors (Lipinski definition) is 2. The Morgan fingerprint density at radius 3 is 2.39 bits per heavy atom. The van der Waals surface area contributed by atoms with Crippen LogP contribution in [0.5, 0.6) is 0 Å². The molecule has 0 aliphatic heterocycles. The van der Waals surface area contributed by atoms with Gasteiger partial charge in [-0.05, 0) is 48.6 Å². The lowest BCUT2D eigenvalue weighted by Gasteiger charge is -2.11. The molecule has 5 nitrogen and oxygen atoms in total. The van der Waals surface area contributed by atoms with Gasteiger partial charge in [-0.1, -0.05) is 55.5 Å². The van der Waals surface area contributed by atoms with Gasteiger partial charge < -0.3 is 5.32 Å². The standard InChI is InChI=1S/C22H25N3O2S/c1-2-19-12-6-7-13-21(19)24-22-15-14-20(17-23-22)25-28(26,27)16-8-11-18-9-4-3-5-10-18/h3-7,9-10,12-15,17,25H,2,8,11,16H2,1H3,(H,23,24). The van der Waals surface area contributed by atoms with Crippen LogP contribution in [-0.4, -0.2) is 19.2 Å². The third-order valence-corrected chi connectivity index (χ3v) is 5.79. The van der Waals surface area contributed by atoms with Crippen molar-refractivity contribution >= 4 is 27.2 Å². The zero-order valence-corrected chi connectivity index (χ0v) is 16.7. The molecule has 0 spiro atoms. The van der Waals surface area contributed by atoms with Crippen molar-refractivity contribution in [2.75, 3.05) is 15.8 Å². The van der Waals surface area contributed by atoms with Crippen LogP contribution >= 0.6 is 0 Å². The largest absolute Gasteiger partial charge is 0.340 e. The van der Waals surface area contributed by atoms with E-state index in [1.807, 2.05) is 48.5 Å². The summed E-state index contributed by atoms with van der Waals surface area (Å²) in [6, 6.07) is 21.4. The monoisotopic (exact) mass is 395 g/mol. The second kappa shape index (κ2) is 9.37. The minimum Gasteiger partial charge on any atom is -0.340 e. The third kappa shape index (κ3) is 5.82. The van der Waals surface area contributed by atoms with Crippen molar-refractivity contribution in [3.05, 3.63) is 84.1 Å². The number of pyridine rings is 1. The van der Waals surface area contributed by atoms with Crippen LogP contribution in [0.25, 0.3) is 0 Å². The number of sulfonamides is 1. The second-order valence-electron chi connectivity index (χ2n) is 6.58. The van der Waals surface area contributed by atoms with Crippen molar-refractivity contribution in [2.45, 2.75) is 26.2 Å². The Morgan fingerprint density at radius 1 is 0.929 bits per heavy atom. The minimum absolute atomic E-state index is 0.0752. The average molecular weight is 396 g/mol. The molecule has 0 bridgehead atoms. The molecule has 0 radical (unpaired) electrons. The van der Waals surface area contributed by atoms with E-state index in [1.54, 1.807) is 12.1 Å². The average Bonchev–Trinajstić information content (AvgIpc) is 2.70. The molecule has 0 unspecified atom stereocenters. The van der Waals surface area contributed by atoms with Crippen molar-refractivity contribution in [2.24, 2.45) is 0 Å². The summed E-state index contributed by atoms with van der Waals surface area (Å²) in [6.45, 7) is 2.10. The number of para-hydroxylation sites is 1. The molecule has 2 N–H and O–H groups in total. The summed E-state index contributed by atoms with van der Waals surface area (Å²) < 4.78 is 27.2. The van der Waals surface area contributed by atoms with Crippen molar-refractivity contribution in [3.8, 4) is 0 Å². The van der Waals surface area contributed by atoms with Gasteiger partial charge in [-0.15, -0.1) is 0 Å². The predicted molar refractivity (Wildman–Crippen MR) is 116 cm³/mol. The van der Waals surface area contributed by atoms with Gasteiger partial charge in [0.2, 0.25) is 10.0 Å². The number of aromatic nitrogens is 1. The molecule has 28 heavy (non-hydrogen) atoms. The topological polar surface area (TPSA) is 71.1 Å². The van der Waals surface area contributed by atoms with Crippen LogP contribution in [0.3, 0.4) is 0 Å². The highest BCUT2D eigenvalue weighted by atomic mass is 32.2. The van der Waals surface area contributed by atoms with Crippen LogP contribution in [-0.2, 0) is 22.9 Å². The maximum atomic E-state index is 12.3. The van der Waals surface area contributed by atoms with Gasteiger partial charge in [0.15, 0.2) is 0 Å². The van der Waals surface area contributed by atoms with E-state index in [2.05, 4.69) is 28.0 Å². The van der Waals surface area contributed by atoms with E-state index in [-0.39, 0.29) is 5.75 Å². The maximum Gasteiger partial charge on any atom is 0.232 e. The van der Waals surface area contributed by atoms with Crippen LogP contribution in [0.4, 0.5) is 17.2 Å². The fraction of sp³-hybridized carbons (Fsp3) is 0.227. The summed E-state index contributed by atoms with van der Waals surface area (Å²) in [7, 11) is -3.40. The molecule has 0 aliphatic rings. The van der Waals surface area contributed by atoms with Gasteiger partial charge >= 0.3 is 0 Å². The van der Waals surface area contributed by atoms with Crippen LogP contribution in [0, 0.1) is 0 Å². The van der Waals surface area contributed by atoms with Crippen molar-refractivity contribution in [1.82, 2.24) is 4.98 Å². The van der Waals surface area contributed by atoms with Gasteiger partial charge in [0, 0.05) is 5.69 Å². The highest BCUT2D eigenvalue weighted by Crippen LogP contribution is 2.21. The van der Waals surface area contributed by atoms with Crippen LogP contribution in [0.15, 0.2) is 72.9 Å². The Morgan fingerprint density at radius 2 is 1.68 bits per heavy atom. The summed E-state index contributed by atoms with van der Waals surface area (Å²) in [6.07, 6.45) is 3.76. The van der Waals surface area contributed by atoms with Crippen LogP contribution in [0.1, 0.15) is 24.5 Å². The molecule has 0 atom stereocenters. The molecule has 0 aliphatic carbocycles. The number of aryl methyl sites for hydroxylation is 2. The van der Waals surface area contributed by atoms with Crippen LogP contribution < -0.4 is 10.0 Å². The molecule has 3 aromatic rings. The summed E-state index contributed by atoms with van der Waals surface area (Å²) in [4.78, 5) is 4.32. The quantitative estimate of drug-likeness (QED) is 0.548. The first-order chi connectivity index (χ1) is 13.6. The zero-order chi connectivity index (χ0) is 19.8. The zero-order valence-electron chi connectivity index (χ0n) is 15.9. The Bertz CT molecular complexity index is 988. The Kier molecular flexibility index (Phi) is 6.66. The minimum atomic E-state index is -3.40. The Labute approximate surface area is 166 Å². The number of hydrogen-bond acceptors (Lipinski definition) is 4. The van der Waals surface area contributed by atoms with E-state index >= 15 is 0 Å². The lowest BCUT2D eigenvalue weighted by Crippen LogP contribution is -2.17. The SMILES string of the molecule is CCc1ccccc1Nc1ccc(NS(=O)(=O)CCCc2ccccc2)cn1. The molecule has 2 aromatic carbocycles. The number of anilines is 3. The predicted octanol–water partition coefficient (Wildman–Crippen LogP) is 4.76. The molecule has 146 valence electrons. The van der Waals surface area contributed by atoms with Gasteiger partial charge in [-0.25, -0.2) is 13.4 Å². The summed E-state index contributed by atoms with van der Waals surface area (Å²) in [5.74, 6) is 0.749.